The van der Waals surface area contributed by atoms with Gasteiger partial charge in [0.25, 0.3) is 0 Å². The monoisotopic (exact) mass is 228 g/mol. The summed E-state index contributed by atoms with van der Waals surface area (Å²) in [6.45, 7) is 0. The van der Waals surface area contributed by atoms with Crippen molar-refractivity contribution in [1.29, 1.82) is 0 Å². The van der Waals surface area contributed by atoms with Gasteiger partial charge in [-0.15, -0.1) is 0 Å². The van der Waals surface area contributed by atoms with Gasteiger partial charge in [0, 0.05) is 0 Å². The summed E-state index contributed by atoms with van der Waals surface area (Å²) in [6.07, 6.45) is 2.56. The summed E-state index contributed by atoms with van der Waals surface area (Å²) in [7, 11) is 0. The second-order valence-corrected chi connectivity index (χ2v) is 4.13. The van der Waals surface area contributed by atoms with E-state index in [0.717, 1.165) is 6.42 Å². The van der Waals surface area contributed by atoms with Gasteiger partial charge in [-0.3, -0.25) is 0 Å². The zero-order valence-corrected chi connectivity index (χ0v) is 13.1. The van der Waals surface area contributed by atoms with Crippen molar-refractivity contribution < 1.29 is 78.9 Å². The second-order valence-electron chi connectivity index (χ2n) is 4.13. The third kappa shape index (κ3) is 2.31. The molecule has 2 aliphatic carbocycles. The molecule has 72 valence electrons. The van der Waals surface area contributed by atoms with Crippen LogP contribution in [-0.4, -0.2) is 11.9 Å². The van der Waals surface area contributed by atoms with Crippen LogP contribution in [0.25, 0.3) is 0 Å². The zero-order chi connectivity index (χ0) is 9.64. The molecule has 0 amide bonds. The van der Waals surface area contributed by atoms with Gasteiger partial charge in [0.05, 0.1) is 17.4 Å². The first-order valence-electron chi connectivity index (χ1n) is 4.50. The minimum absolute atomic E-state index is 0. The van der Waals surface area contributed by atoms with E-state index in [1.165, 1.54) is 0 Å². The van der Waals surface area contributed by atoms with Crippen molar-refractivity contribution in [2.75, 3.05) is 0 Å². The van der Waals surface area contributed by atoms with Crippen molar-refractivity contribution in [3.8, 4) is 0 Å². The van der Waals surface area contributed by atoms with E-state index in [1.54, 1.807) is 0 Å². The molecule has 0 aromatic carbocycles. The van der Waals surface area contributed by atoms with Crippen LogP contribution in [0.15, 0.2) is 0 Å². The SMILES string of the molecule is O=C([O-])C1(C(=O)[O-])CC2CCC1C2.[Na+].[Na+]. The van der Waals surface area contributed by atoms with Gasteiger partial charge in [0.1, 0.15) is 0 Å². The van der Waals surface area contributed by atoms with Gasteiger partial charge < -0.3 is 19.8 Å². The number of rotatable bonds is 2. The Balaban J connectivity index is 0.000000980. The van der Waals surface area contributed by atoms with Gasteiger partial charge in [0.2, 0.25) is 0 Å². The summed E-state index contributed by atoms with van der Waals surface area (Å²) in [6, 6.07) is 0. The van der Waals surface area contributed by atoms with Crippen LogP contribution in [0.4, 0.5) is 0 Å². The van der Waals surface area contributed by atoms with Crippen LogP contribution in [0.1, 0.15) is 25.7 Å². The Kier molecular flexibility index (Phi) is 5.86. The molecule has 0 aromatic heterocycles. The standard InChI is InChI=1S/C9H12O4.2Na/c10-7(11)9(8(12)13)4-5-1-2-6(9)3-5;;/h5-6H,1-4H2,(H,10,11)(H,12,13);;/q;2*+1/p-2. The van der Waals surface area contributed by atoms with Crippen LogP contribution < -0.4 is 69.3 Å². The second kappa shape index (κ2) is 5.52. The Labute approximate surface area is 132 Å². The predicted octanol–water partition coefficient (Wildman–Crippen LogP) is -7.70. The van der Waals surface area contributed by atoms with Gasteiger partial charge in [-0.2, -0.15) is 0 Å². The number of carboxylic acids is 2. The molecule has 0 heterocycles. The Hall–Kier alpha value is 0.940. The minimum Gasteiger partial charge on any atom is -0.549 e. The summed E-state index contributed by atoms with van der Waals surface area (Å²) in [5.41, 5.74) is -1.68. The van der Waals surface area contributed by atoms with E-state index in [0.29, 0.717) is 12.8 Å². The van der Waals surface area contributed by atoms with E-state index in [9.17, 15) is 19.8 Å². The number of carbonyl (C=O) groups is 2. The average Bonchev–Trinajstić information content (AvgIpc) is 2.61. The fourth-order valence-electron chi connectivity index (χ4n) is 2.91. The van der Waals surface area contributed by atoms with Crippen molar-refractivity contribution >= 4 is 11.9 Å². The minimum atomic E-state index is -1.68. The maximum atomic E-state index is 10.8. The van der Waals surface area contributed by atoms with Crippen molar-refractivity contribution in [1.82, 2.24) is 0 Å². The van der Waals surface area contributed by atoms with Crippen molar-refractivity contribution in [3.05, 3.63) is 0 Å². The first-order valence-corrected chi connectivity index (χ1v) is 4.50. The van der Waals surface area contributed by atoms with E-state index in [4.69, 9.17) is 0 Å². The van der Waals surface area contributed by atoms with Crippen molar-refractivity contribution in [2.45, 2.75) is 25.7 Å². The van der Waals surface area contributed by atoms with Gasteiger partial charge >= 0.3 is 59.1 Å². The molecule has 0 radical (unpaired) electrons. The van der Waals surface area contributed by atoms with Gasteiger partial charge in [-0.25, -0.2) is 0 Å². The van der Waals surface area contributed by atoms with Crippen LogP contribution >= 0.6 is 0 Å². The summed E-state index contributed by atoms with van der Waals surface area (Å²) in [5, 5.41) is 21.6. The van der Waals surface area contributed by atoms with Gasteiger partial charge in [-0.05, 0) is 31.1 Å². The molecule has 2 unspecified atom stereocenters. The van der Waals surface area contributed by atoms with E-state index in [-0.39, 0.29) is 77.4 Å². The molecular weight excluding hydrogens is 218 g/mol. The summed E-state index contributed by atoms with van der Waals surface area (Å²) in [5.74, 6) is -2.92. The Bertz CT molecular complexity index is 265. The molecule has 2 rings (SSSR count). The maximum absolute atomic E-state index is 10.8. The molecule has 6 heteroatoms. The van der Waals surface area contributed by atoms with Gasteiger partial charge in [-0.1, -0.05) is 6.42 Å². The summed E-state index contributed by atoms with van der Waals surface area (Å²) in [4.78, 5) is 21.6. The molecule has 0 aliphatic heterocycles. The Morgan fingerprint density at radius 3 is 1.80 bits per heavy atom. The number of hydrogen-bond donors (Lipinski definition) is 0. The van der Waals surface area contributed by atoms with E-state index >= 15 is 0 Å². The van der Waals surface area contributed by atoms with Crippen molar-refractivity contribution in [3.63, 3.8) is 0 Å². The topological polar surface area (TPSA) is 80.3 Å². The first-order chi connectivity index (χ1) is 6.07. The molecule has 0 saturated heterocycles. The maximum Gasteiger partial charge on any atom is 1.00 e. The Morgan fingerprint density at radius 2 is 1.60 bits per heavy atom. The summed E-state index contributed by atoms with van der Waals surface area (Å²) < 4.78 is 0. The molecular formula is C9H10Na2O4. The molecule has 2 bridgehead atoms. The van der Waals surface area contributed by atoms with E-state index < -0.39 is 17.4 Å². The van der Waals surface area contributed by atoms with Crippen LogP contribution in [0, 0.1) is 17.3 Å². The molecule has 0 spiro atoms. The van der Waals surface area contributed by atoms with Crippen LogP contribution in [0.5, 0.6) is 0 Å². The number of fused-ring (bicyclic) bond motifs is 2. The first kappa shape index (κ1) is 15.9. The molecule has 0 aromatic rings. The molecule has 4 nitrogen and oxygen atoms in total. The van der Waals surface area contributed by atoms with E-state index in [2.05, 4.69) is 0 Å². The van der Waals surface area contributed by atoms with E-state index in [1.807, 2.05) is 0 Å². The van der Waals surface area contributed by atoms with Crippen LogP contribution in [-0.2, 0) is 9.59 Å². The normalized spacial score (nSPS) is 30.1. The van der Waals surface area contributed by atoms with Crippen molar-refractivity contribution in [2.24, 2.45) is 17.3 Å². The fourth-order valence-corrected chi connectivity index (χ4v) is 2.91. The zero-order valence-electron chi connectivity index (χ0n) is 9.12. The fraction of sp³-hybridized carbons (Fsp3) is 0.778. The van der Waals surface area contributed by atoms with Gasteiger partial charge in [0.15, 0.2) is 0 Å². The van der Waals surface area contributed by atoms with Crippen LogP contribution in [0.3, 0.4) is 0 Å². The molecule has 0 N–H and O–H groups in total. The molecule has 2 atom stereocenters. The molecule has 2 fully saturated rings. The predicted molar refractivity (Wildman–Crippen MR) is 37.9 cm³/mol. The molecule has 2 saturated carbocycles. The van der Waals surface area contributed by atoms with Crippen LogP contribution in [0.2, 0.25) is 0 Å². The largest absolute Gasteiger partial charge is 1.00 e. The quantitative estimate of drug-likeness (QED) is 0.347. The number of carboxylic acid groups (broad SMARTS) is 2. The Morgan fingerprint density at radius 1 is 1.07 bits per heavy atom. The molecule has 2 aliphatic rings. The molecule has 15 heavy (non-hydrogen) atoms. The third-order valence-corrected chi connectivity index (χ3v) is 3.58. The average molecular weight is 228 g/mol. The number of aliphatic carboxylic acids is 2. The number of hydrogen-bond acceptors (Lipinski definition) is 4. The summed E-state index contributed by atoms with van der Waals surface area (Å²) >= 11 is 0. The third-order valence-electron chi connectivity index (χ3n) is 3.58. The smallest absolute Gasteiger partial charge is 0.549 e. The number of carbonyl (C=O) groups excluding carboxylic acids is 2.